The molecule has 5 nitrogen and oxygen atoms in total. The Hall–Kier alpha value is -1.66. The molecule has 0 radical (unpaired) electrons. The first-order chi connectivity index (χ1) is 11.3. The zero-order valence-electron chi connectivity index (χ0n) is 15.0. The lowest BCUT2D eigenvalue weighted by Gasteiger charge is -2.41. The fraction of sp³-hybridized carbons (Fsp3) is 0.611. The number of hydrogen-bond acceptors (Lipinski definition) is 3. The molecule has 2 amide bonds. The molecule has 0 saturated carbocycles. The van der Waals surface area contributed by atoms with Crippen LogP contribution >= 0.6 is 0 Å². The highest BCUT2D eigenvalue weighted by molar-refractivity contribution is 5.74. The van der Waals surface area contributed by atoms with Crippen molar-refractivity contribution >= 4 is 6.03 Å². The molecule has 1 aromatic carbocycles. The number of carbonyl (C=O) groups is 1. The Morgan fingerprint density at radius 3 is 2.50 bits per heavy atom. The lowest BCUT2D eigenvalue weighted by molar-refractivity contribution is -0.00906. The third kappa shape index (κ3) is 4.68. The Bertz CT molecular complexity index is 542. The fourth-order valence-corrected chi connectivity index (χ4v) is 2.84. The van der Waals surface area contributed by atoms with Gasteiger partial charge in [0.15, 0.2) is 0 Å². The minimum Gasteiger partial charge on any atom is -0.379 e. The molecule has 1 heterocycles. The van der Waals surface area contributed by atoms with E-state index < -0.39 is 0 Å². The van der Waals surface area contributed by atoms with Gasteiger partial charge in [-0.25, -0.2) is 9.18 Å². The van der Waals surface area contributed by atoms with Gasteiger partial charge in [-0.1, -0.05) is 12.1 Å². The Morgan fingerprint density at radius 1 is 1.33 bits per heavy atom. The molecule has 1 atom stereocenters. The molecular formula is C18H28FN3O2. The molecule has 1 aliphatic heterocycles. The van der Waals surface area contributed by atoms with E-state index in [-0.39, 0.29) is 23.4 Å². The Labute approximate surface area is 143 Å². The fourth-order valence-electron chi connectivity index (χ4n) is 2.84. The molecule has 0 spiro atoms. The van der Waals surface area contributed by atoms with Crippen LogP contribution in [0.1, 0.15) is 32.4 Å². The van der Waals surface area contributed by atoms with E-state index >= 15 is 0 Å². The molecule has 0 aromatic heterocycles. The molecule has 0 aliphatic carbocycles. The number of ether oxygens (including phenoxy) is 1. The molecule has 1 N–H and O–H groups in total. The summed E-state index contributed by atoms with van der Waals surface area (Å²) in [5.41, 5.74) is 0.779. The number of amides is 2. The number of rotatable bonds is 5. The van der Waals surface area contributed by atoms with Gasteiger partial charge >= 0.3 is 6.03 Å². The number of morpholine rings is 1. The average Bonchev–Trinajstić information content (AvgIpc) is 2.60. The SMILES string of the molecule is C[C@H](c1ccc(F)cc1)N(C)C(=O)NCC(C)(C)N1CCOCC1. The van der Waals surface area contributed by atoms with Gasteiger partial charge in [0.1, 0.15) is 5.82 Å². The van der Waals surface area contributed by atoms with Crippen molar-refractivity contribution in [2.45, 2.75) is 32.4 Å². The average molecular weight is 337 g/mol. The van der Waals surface area contributed by atoms with Crippen LogP contribution < -0.4 is 5.32 Å². The van der Waals surface area contributed by atoms with E-state index in [1.54, 1.807) is 24.1 Å². The van der Waals surface area contributed by atoms with Gasteiger partial charge in [-0.3, -0.25) is 4.90 Å². The summed E-state index contributed by atoms with van der Waals surface area (Å²) in [4.78, 5) is 16.4. The van der Waals surface area contributed by atoms with Crippen LogP contribution in [0, 0.1) is 5.82 Å². The number of carbonyl (C=O) groups excluding carboxylic acids is 1. The maximum Gasteiger partial charge on any atom is 0.317 e. The van der Waals surface area contributed by atoms with Crippen LogP contribution in [0.2, 0.25) is 0 Å². The molecule has 1 fully saturated rings. The van der Waals surface area contributed by atoms with Crippen LogP contribution in [-0.2, 0) is 4.74 Å². The van der Waals surface area contributed by atoms with Crippen LogP contribution in [0.15, 0.2) is 24.3 Å². The highest BCUT2D eigenvalue weighted by Crippen LogP contribution is 2.20. The lowest BCUT2D eigenvalue weighted by Crippen LogP contribution is -2.56. The van der Waals surface area contributed by atoms with E-state index in [1.165, 1.54) is 12.1 Å². The van der Waals surface area contributed by atoms with Gasteiger partial charge < -0.3 is 15.0 Å². The summed E-state index contributed by atoms with van der Waals surface area (Å²) in [6, 6.07) is 5.99. The quantitative estimate of drug-likeness (QED) is 0.898. The number of nitrogens with zero attached hydrogens (tertiary/aromatic N) is 2. The first-order valence-electron chi connectivity index (χ1n) is 8.40. The van der Waals surface area contributed by atoms with E-state index in [0.717, 1.165) is 31.9 Å². The number of urea groups is 1. The van der Waals surface area contributed by atoms with Crippen molar-refractivity contribution in [3.05, 3.63) is 35.6 Å². The van der Waals surface area contributed by atoms with Gasteiger partial charge in [-0.15, -0.1) is 0 Å². The first kappa shape index (κ1) is 18.7. The summed E-state index contributed by atoms with van der Waals surface area (Å²) in [6.45, 7) is 9.98. The number of nitrogens with one attached hydrogen (secondary N) is 1. The van der Waals surface area contributed by atoms with Gasteiger partial charge in [0.05, 0.1) is 19.3 Å². The monoisotopic (exact) mass is 337 g/mol. The van der Waals surface area contributed by atoms with Gasteiger partial charge in [-0.2, -0.15) is 0 Å². The summed E-state index contributed by atoms with van der Waals surface area (Å²) in [6.07, 6.45) is 0. The summed E-state index contributed by atoms with van der Waals surface area (Å²) in [5, 5.41) is 3.01. The molecule has 1 saturated heterocycles. The van der Waals surface area contributed by atoms with Crippen LogP contribution in [0.3, 0.4) is 0 Å². The maximum absolute atomic E-state index is 13.0. The van der Waals surface area contributed by atoms with Crippen LogP contribution in [0.4, 0.5) is 9.18 Å². The van der Waals surface area contributed by atoms with Crippen molar-refractivity contribution < 1.29 is 13.9 Å². The minimum atomic E-state index is -0.273. The number of hydrogen-bond donors (Lipinski definition) is 1. The summed E-state index contributed by atoms with van der Waals surface area (Å²) < 4.78 is 18.4. The zero-order valence-corrected chi connectivity index (χ0v) is 15.0. The first-order valence-corrected chi connectivity index (χ1v) is 8.40. The molecular weight excluding hydrogens is 309 g/mol. The van der Waals surface area contributed by atoms with E-state index in [9.17, 15) is 9.18 Å². The van der Waals surface area contributed by atoms with Crippen molar-refractivity contribution in [2.24, 2.45) is 0 Å². The van der Waals surface area contributed by atoms with Gasteiger partial charge in [-0.05, 0) is 38.5 Å². The van der Waals surface area contributed by atoms with Gasteiger partial charge in [0.2, 0.25) is 0 Å². The van der Waals surface area contributed by atoms with E-state index in [1.807, 2.05) is 6.92 Å². The van der Waals surface area contributed by atoms with Crippen LogP contribution in [-0.4, -0.2) is 61.3 Å². The Balaban J connectivity index is 1.89. The third-order valence-electron chi connectivity index (χ3n) is 4.79. The molecule has 2 rings (SSSR count). The Morgan fingerprint density at radius 2 is 1.92 bits per heavy atom. The largest absolute Gasteiger partial charge is 0.379 e. The van der Waals surface area contributed by atoms with Crippen molar-refractivity contribution in [2.75, 3.05) is 39.9 Å². The molecule has 24 heavy (non-hydrogen) atoms. The molecule has 0 unspecified atom stereocenters. The van der Waals surface area contributed by atoms with Gasteiger partial charge in [0, 0.05) is 32.2 Å². The highest BCUT2D eigenvalue weighted by Gasteiger charge is 2.29. The predicted molar refractivity (Wildman–Crippen MR) is 92.4 cm³/mol. The Kier molecular flexibility index (Phi) is 6.18. The highest BCUT2D eigenvalue weighted by atomic mass is 19.1. The number of halogens is 1. The maximum atomic E-state index is 13.0. The summed E-state index contributed by atoms with van der Waals surface area (Å²) in [5.74, 6) is -0.273. The summed E-state index contributed by atoms with van der Waals surface area (Å²) >= 11 is 0. The van der Waals surface area contributed by atoms with E-state index in [4.69, 9.17) is 4.74 Å². The van der Waals surface area contributed by atoms with E-state index in [2.05, 4.69) is 24.1 Å². The second-order valence-corrected chi connectivity index (χ2v) is 6.91. The smallest absolute Gasteiger partial charge is 0.317 e. The lowest BCUT2D eigenvalue weighted by atomic mass is 10.0. The molecule has 6 heteroatoms. The van der Waals surface area contributed by atoms with Gasteiger partial charge in [0.25, 0.3) is 0 Å². The van der Waals surface area contributed by atoms with Crippen molar-refractivity contribution in [3.63, 3.8) is 0 Å². The molecule has 134 valence electrons. The van der Waals surface area contributed by atoms with Crippen molar-refractivity contribution in [3.8, 4) is 0 Å². The molecule has 1 aliphatic rings. The second-order valence-electron chi connectivity index (χ2n) is 6.91. The predicted octanol–water partition coefficient (Wildman–Crippen LogP) is 2.64. The minimum absolute atomic E-state index is 0.126. The van der Waals surface area contributed by atoms with Crippen molar-refractivity contribution in [1.29, 1.82) is 0 Å². The molecule has 0 bridgehead atoms. The van der Waals surface area contributed by atoms with E-state index in [0.29, 0.717) is 6.54 Å². The van der Waals surface area contributed by atoms with Crippen molar-refractivity contribution in [1.82, 2.24) is 15.1 Å². The second kappa shape index (κ2) is 7.94. The normalized spacial score (nSPS) is 17.4. The van der Waals surface area contributed by atoms with Crippen LogP contribution in [0.25, 0.3) is 0 Å². The molecule has 1 aromatic rings. The third-order valence-corrected chi connectivity index (χ3v) is 4.79. The number of benzene rings is 1. The standard InChI is InChI=1S/C18H28FN3O2/c1-14(15-5-7-16(19)8-6-15)21(4)17(23)20-13-18(2,3)22-9-11-24-12-10-22/h5-8,14H,9-13H2,1-4H3,(H,20,23)/t14-/m1/s1. The topological polar surface area (TPSA) is 44.8 Å². The van der Waals surface area contributed by atoms with Crippen LogP contribution in [0.5, 0.6) is 0 Å². The summed E-state index contributed by atoms with van der Waals surface area (Å²) in [7, 11) is 1.76. The zero-order chi connectivity index (χ0) is 17.7.